The number of morpholine rings is 1. The summed E-state index contributed by atoms with van der Waals surface area (Å²) < 4.78 is 126. The molecule has 0 aliphatic carbocycles. The number of ether oxygens (including phenoxy) is 1. The Kier molecular flexibility index (Phi) is 9.50. The quantitative estimate of drug-likeness (QED) is 0.149. The summed E-state index contributed by atoms with van der Waals surface area (Å²) >= 11 is 0.791. The van der Waals surface area contributed by atoms with Crippen LogP contribution in [0.15, 0.2) is 47.9 Å². The maximum Gasteiger partial charge on any atom is 0.416 e. The Morgan fingerprint density at radius 1 is 0.976 bits per heavy atom. The van der Waals surface area contributed by atoms with Crippen LogP contribution in [0.25, 0.3) is 0 Å². The lowest BCUT2D eigenvalue weighted by atomic mass is 9.95. The maximum absolute atomic E-state index is 13.5. The standard InChI is InChI=1S/C27H25F9N2O3S/c1-14-22(15-8-18(26(31,32)33)11-19(9-15)27(34,35)36)41-21(39)13-38(14)12-16-10-17(25(28,29)30)4-5-20(16)23(37)42-7-6-24(2,3)40/h4-11,14,22,37,40H,12-13H2,1-3H3/b7-6+,37-23?. The zero-order chi connectivity index (χ0) is 31.8. The molecule has 2 aromatic rings. The van der Waals surface area contributed by atoms with Crippen molar-refractivity contribution in [2.45, 2.75) is 63.6 Å². The third kappa shape index (κ3) is 8.51. The summed E-state index contributed by atoms with van der Waals surface area (Å²) in [5.74, 6) is -1.02. The van der Waals surface area contributed by atoms with Gasteiger partial charge in [-0.15, -0.1) is 0 Å². The number of nitrogens with one attached hydrogen (secondary N) is 1. The van der Waals surface area contributed by atoms with Crippen molar-refractivity contribution < 1.29 is 54.2 Å². The maximum atomic E-state index is 13.5. The van der Waals surface area contributed by atoms with Gasteiger partial charge >= 0.3 is 24.5 Å². The fraction of sp³-hybridized carbons (Fsp3) is 0.407. The first kappa shape index (κ1) is 33.5. The lowest BCUT2D eigenvalue weighted by Crippen LogP contribution is -2.47. The average Bonchev–Trinajstić information content (AvgIpc) is 2.83. The molecule has 2 unspecified atom stereocenters. The summed E-state index contributed by atoms with van der Waals surface area (Å²) in [5, 5.41) is 19.4. The van der Waals surface area contributed by atoms with Crippen molar-refractivity contribution >= 4 is 22.8 Å². The molecule has 0 spiro atoms. The Morgan fingerprint density at radius 2 is 1.52 bits per heavy atom. The highest BCUT2D eigenvalue weighted by Crippen LogP contribution is 2.40. The molecule has 5 nitrogen and oxygen atoms in total. The molecule has 1 aliphatic rings. The van der Waals surface area contributed by atoms with Crippen LogP contribution in [-0.4, -0.2) is 39.2 Å². The van der Waals surface area contributed by atoms with E-state index < -0.39 is 77.6 Å². The van der Waals surface area contributed by atoms with Gasteiger partial charge in [0.2, 0.25) is 0 Å². The minimum absolute atomic E-state index is 0.0366. The first-order chi connectivity index (χ1) is 19.1. The molecule has 230 valence electrons. The van der Waals surface area contributed by atoms with E-state index in [0.29, 0.717) is 12.1 Å². The van der Waals surface area contributed by atoms with E-state index in [1.807, 2.05) is 0 Å². The van der Waals surface area contributed by atoms with Gasteiger partial charge in [-0.25, -0.2) is 0 Å². The summed E-state index contributed by atoms with van der Waals surface area (Å²) in [6.45, 7) is 3.33. The van der Waals surface area contributed by atoms with Crippen LogP contribution in [0.1, 0.15) is 60.3 Å². The summed E-state index contributed by atoms with van der Waals surface area (Å²) in [4.78, 5) is 13.7. The molecule has 0 aromatic heterocycles. The number of carbonyl (C=O) groups excluding carboxylic acids is 1. The molecular formula is C27H25F9N2O3S. The SMILES string of the molecule is CC1C(c2cc(C(F)(F)F)cc(C(F)(F)F)c2)OC(=O)CN1Cc1cc(C(F)(F)F)ccc1C(=N)S/C=C/C(C)(C)O. The lowest BCUT2D eigenvalue weighted by Gasteiger charge is -2.39. The van der Waals surface area contributed by atoms with E-state index in [1.54, 1.807) is 0 Å². The number of thioether (sulfide) groups is 1. The molecule has 1 aliphatic heterocycles. The van der Waals surface area contributed by atoms with Crippen LogP contribution in [0.3, 0.4) is 0 Å². The van der Waals surface area contributed by atoms with Crippen molar-refractivity contribution in [3.05, 3.63) is 81.3 Å². The number of rotatable bonds is 6. The Labute approximate surface area is 238 Å². The van der Waals surface area contributed by atoms with E-state index in [1.165, 1.54) is 37.2 Å². The smallest absolute Gasteiger partial charge is 0.416 e. The van der Waals surface area contributed by atoms with Gasteiger partial charge in [-0.05, 0) is 73.7 Å². The van der Waals surface area contributed by atoms with Crippen LogP contribution in [-0.2, 0) is 34.6 Å². The molecule has 2 atom stereocenters. The molecule has 15 heteroatoms. The second kappa shape index (κ2) is 11.9. The van der Waals surface area contributed by atoms with Gasteiger partial charge in [0.25, 0.3) is 0 Å². The highest BCUT2D eigenvalue weighted by Gasteiger charge is 2.41. The van der Waals surface area contributed by atoms with Crippen LogP contribution >= 0.6 is 11.8 Å². The van der Waals surface area contributed by atoms with E-state index in [9.17, 15) is 49.4 Å². The largest absolute Gasteiger partial charge is 0.455 e. The summed E-state index contributed by atoms with van der Waals surface area (Å²) in [6, 6.07) is 2.30. The third-order valence-corrected chi connectivity index (χ3v) is 6.98. The predicted octanol–water partition coefficient (Wildman–Crippen LogP) is 7.57. The molecule has 2 aromatic carbocycles. The van der Waals surface area contributed by atoms with Crippen molar-refractivity contribution in [1.29, 1.82) is 5.41 Å². The van der Waals surface area contributed by atoms with E-state index in [-0.39, 0.29) is 22.2 Å². The molecule has 0 radical (unpaired) electrons. The van der Waals surface area contributed by atoms with E-state index in [2.05, 4.69) is 0 Å². The molecule has 0 bridgehead atoms. The molecule has 3 rings (SSSR count). The average molecular weight is 629 g/mol. The molecule has 0 amide bonds. The number of esters is 1. The minimum atomic E-state index is -5.15. The van der Waals surface area contributed by atoms with Crippen LogP contribution in [0.2, 0.25) is 0 Å². The number of hydrogen-bond acceptors (Lipinski definition) is 6. The third-order valence-electron chi connectivity index (χ3n) is 6.26. The summed E-state index contributed by atoms with van der Waals surface area (Å²) in [5.41, 5.74) is -6.15. The number of benzene rings is 2. The van der Waals surface area contributed by atoms with Crippen molar-refractivity contribution in [2.24, 2.45) is 0 Å². The fourth-order valence-corrected chi connectivity index (χ4v) is 5.00. The van der Waals surface area contributed by atoms with Gasteiger partial charge in [-0.1, -0.05) is 17.8 Å². The van der Waals surface area contributed by atoms with Gasteiger partial charge in [0.1, 0.15) is 6.10 Å². The molecule has 1 saturated heterocycles. The minimum Gasteiger partial charge on any atom is -0.455 e. The van der Waals surface area contributed by atoms with Crippen molar-refractivity contribution in [3.8, 4) is 0 Å². The molecule has 0 saturated carbocycles. The molecule has 42 heavy (non-hydrogen) atoms. The molecule has 2 N–H and O–H groups in total. The van der Waals surface area contributed by atoms with Crippen molar-refractivity contribution in [3.63, 3.8) is 0 Å². The number of alkyl halides is 9. The van der Waals surface area contributed by atoms with Crippen LogP contribution in [0.4, 0.5) is 39.5 Å². The van der Waals surface area contributed by atoms with E-state index in [4.69, 9.17) is 10.1 Å². The van der Waals surface area contributed by atoms with Crippen molar-refractivity contribution in [2.75, 3.05) is 6.54 Å². The van der Waals surface area contributed by atoms with Crippen molar-refractivity contribution in [1.82, 2.24) is 4.90 Å². The molecular weight excluding hydrogens is 603 g/mol. The van der Waals surface area contributed by atoms with Gasteiger partial charge in [-0.2, -0.15) is 39.5 Å². The zero-order valence-corrected chi connectivity index (χ0v) is 23.0. The highest BCUT2D eigenvalue weighted by atomic mass is 32.2. The van der Waals surface area contributed by atoms with Crippen LogP contribution < -0.4 is 0 Å². The van der Waals surface area contributed by atoms with Gasteiger partial charge in [0, 0.05) is 18.2 Å². The fourth-order valence-electron chi connectivity index (χ4n) is 4.14. The summed E-state index contributed by atoms with van der Waals surface area (Å²) in [7, 11) is 0. The number of nitrogens with zero attached hydrogens (tertiary/aromatic N) is 1. The van der Waals surface area contributed by atoms with Gasteiger partial charge in [0.05, 0.1) is 33.9 Å². The number of cyclic esters (lactones) is 1. The Bertz CT molecular complexity index is 1330. The topological polar surface area (TPSA) is 73.6 Å². The van der Waals surface area contributed by atoms with E-state index >= 15 is 0 Å². The lowest BCUT2D eigenvalue weighted by molar-refractivity contribution is -0.165. The second-order valence-electron chi connectivity index (χ2n) is 10.2. The highest BCUT2D eigenvalue weighted by molar-refractivity contribution is 8.16. The normalized spacial score (nSPS) is 19.3. The van der Waals surface area contributed by atoms with Gasteiger partial charge < -0.3 is 9.84 Å². The predicted molar refractivity (Wildman–Crippen MR) is 136 cm³/mol. The van der Waals surface area contributed by atoms with Crippen LogP contribution in [0, 0.1) is 5.41 Å². The van der Waals surface area contributed by atoms with Gasteiger partial charge in [0.15, 0.2) is 0 Å². The monoisotopic (exact) mass is 628 g/mol. The molecule has 1 heterocycles. The number of hydrogen-bond donors (Lipinski definition) is 2. The summed E-state index contributed by atoms with van der Waals surface area (Å²) in [6.07, 6.45) is -15.3. The Morgan fingerprint density at radius 3 is 2.02 bits per heavy atom. The first-order valence-electron chi connectivity index (χ1n) is 12.1. The van der Waals surface area contributed by atoms with Gasteiger partial charge in [-0.3, -0.25) is 15.1 Å². The van der Waals surface area contributed by atoms with Crippen LogP contribution in [0.5, 0.6) is 0 Å². The number of carbonyl (C=O) groups is 1. The first-order valence-corrected chi connectivity index (χ1v) is 13.0. The molecule has 1 fully saturated rings. The number of aliphatic hydroxyl groups is 1. The Balaban J connectivity index is 2.03. The van der Waals surface area contributed by atoms with E-state index in [0.717, 1.165) is 30.0 Å². The zero-order valence-electron chi connectivity index (χ0n) is 22.2. The second-order valence-corrected chi connectivity index (χ2v) is 11.1. The Hall–Kier alpha value is -3.04. The number of halogens is 9.